The van der Waals surface area contributed by atoms with Crippen LogP contribution in [0.5, 0.6) is 5.88 Å². The van der Waals surface area contributed by atoms with Crippen molar-refractivity contribution in [2.75, 3.05) is 7.11 Å². The van der Waals surface area contributed by atoms with Gasteiger partial charge in [-0.05, 0) is 31.2 Å². The molecule has 0 bridgehead atoms. The van der Waals surface area contributed by atoms with E-state index in [2.05, 4.69) is 10.3 Å². The lowest BCUT2D eigenvalue weighted by Crippen LogP contribution is -2.37. The van der Waals surface area contributed by atoms with Gasteiger partial charge in [0.05, 0.1) is 7.11 Å². The quantitative estimate of drug-likeness (QED) is 0.829. The van der Waals surface area contributed by atoms with Crippen molar-refractivity contribution in [2.24, 2.45) is 5.73 Å². The minimum absolute atomic E-state index is 0.413. The number of hydrogen-bond acceptors (Lipinski definition) is 4. The number of nitrogens with one attached hydrogen (secondary N) is 1. The molecule has 4 heteroatoms. The molecule has 1 heterocycles. The fourth-order valence-corrected chi connectivity index (χ4v) is 2.22. The van der Waals surface area contributed by atoms with E-state index in [1.807, 2.05) is 18.3 Å². The molecule has 17 heavy (non-hydrogen) atoms. The second kappa shape index (κ2) is 5.98. The molecule has 0 amide bonds. The highest BCUT2D eigenvalue weighted by Crippen LogP contribution is 2.17. The molecule has 2 rings (SSSR count). The standard InChI is InChI=1S/C13H21N3O/c1-17-13-7-2-10(9-16-13)8-15-12-5-3-11(14)4-6-12/h2,7,9,11-12,15H,3-6,8,14H2,1H3. The average Bonchev–Trinajstić information content (AvgIpc) is 2.39. The summed E-state index contributed by atoms with van der Waals surface area (Å²) in [5, 5.41) is 3.56. The maximum atomic E-state index is 5.88. The lowest BCUT2D eigenvalue weighted by molar-refractivity contribution is 0.341. The van der Waals surface area contributed by atoms with Crippen molar-refractivity contribution in [1.82, 2.24) is 10.3 Å². The SMILES string of the molecule is COc1ccc(CNC2CCC(N)CC2)cn1. The first-order chi connectivity index (χ1) is 8.28. The van der Waals surface area contributed by atoms with Crippen LogP contribution >= 0.6 is 0 Å². The van der Waals surface area contributed by atoms with E-state index in [9.17, 15) is 0 Å². The summed E-state index contributed by atoms with van der Waals surface area (Å²) in [7, 11) is 1.63. The third-order valence-electron chi connectivity index (χ3n) is 3.37. The van der Waals surface area contributed by atoms with E-state index in [1.165, 1.54) is 18.4 Å². The lowest BCUT2D eigenvalue weighted by Gasteiger charge is -2.26. The van der Waals surface area contributed by atoms with Crippen LogP contribution in [0.25, 0.3) is 0 Å². The number of ether oxygens (including phenoxy) is 1. The zero-order valence-electron chi connectivity index (χ0n) is 10.4. The van der Waals surface area contributed by atoms with Crippen molar-refractivity contribution >= 4 is 0 Å². The fourth-order valence-electron chi connectivity index (χ4n) is 2.22. The van der Waals surface area contributed by atoms with Crippen LogP contribution in [-0.2, 0) is 6.54 Å². The molecular weight excluding hydrogens is 214 g/mol. The molecule has 0 saturated heterocycles. The van der Waals surface area contributed by atoms with Crippen molar-refractivity contribution in [2.45, 2.75) is 44.3 Å². The third kappa shape index (κ3) is 3.68. The number of aromatic nitrogens is 1. The van der Waals surface area contributed by atoms with Crippen LogP contribution in [0.1, 0.15) is 31.2 Å². The van der Waals surface area contributed by atoms with Crippen LogP contribution in [0.2, 0.25) is 0 Å². The molecular formula is C13H21N3O. The monoisotopic (exact) mass is 235 g/mol. The lowest BCUT2D eigenvalue weighted by atomic mass is 9.92. The molecule has 94 valence electrons. The molecule has 0 spiro atoms. The number of pyridine rings is 1. The van der Waals surface area contributed by atoms with E-state index in [1.54, 1.807) is 7.11 Å². The highest BCUT2D eigenvalue weighted by Gasteiger charge is 2.17. The first-order valence-electron chi connectivity index (χ1n) is 6.26. The van der Waals surface area contributed by atoms with Crippen molar-refractivity contribution in [3.8, 4) is 5.88 Å². The molecule has 1 aliphatic carbocycles. The topological polar surface area (TPSA) is 60.2 Å². The molecule has 1 aromatic rings. The van der Waals surface area contributed by atoms with Gasteiger partial charge in [-0.15, -0.1) is 0 Å². The Labute approximate surface area is 103 Å². The Kier molecular flexibility index (Phi) is 4.34. The van der Waals surface area contributed by atoms with Gasteiger partial charge >= 0.3 is 0 Å². The zero-order chi connectivity index (χ0) is 12.1. The smallest absolute Gasteiger partial charge is 0.212 e. The number of nitrogens with two attached hydrogens (primary N) is 1. The first kappa shape index (κ1) is 12.3. The first-order valence-corrected chi connectivity index (χ1v) is 6.26. The van der Waals surface area contributed by atoms with Gasteiger partial charge in [0.15, 0.2) is 0 Å². The predicted octanol–water partition coefficient (Wildman–Crippen LogP) is 1.45. The third-order valence-corrected chi connectivity index (χ3v) is 3.37. The molecule has 0 aromatic carbocycles. The van der Waals surface area contributed by atoms with Crippen LogP contribution in [0.3, 0.4) is 0 Å². The highest BCUT2D eigenvalue weighted by molar-refractivity contribution is 5.17. The summed E-state index contributed by atoms with van der Waals surface area (Å²) >= 11 is 0. The average molecular weight is 235 g/mol. The van der Waals surface area contributed by atoms with Crippen molar-refractivity contribution in [3.63, 3.8) is 0 Å². The number of nitrogens with zero attached hydrogens (tertiary/aromatic N) is 1. The van der Waals surface area contributed by atoms with Gasteiger partial charge in [0.1, 0.15) is 0 Å². The molecule has 0 aliphatic heterocycles. The van der Waals surface area contributed by atoms with Crippen molar-refractivity contribution < 1.29 is 4.74 Å². The van der Waals surface area contributed by atoms with Gasteiger partial charge < -0.3 is 15.8 Å². The summed E-state index contributed by atoms with van der Waals surface area (Å²) in [5.41, 5.74) is 7.08. The Bertz CT molecular complexity index is 331. The van der Waals surface area contributed by atoms with E-state index < -0.39 is 0 Å². The normalized spacial score (nSPS) is 24.6. The second-order valence-corrected chi connectivity index (χ2v) is 4.70. The molecule has 0 atom stereocenters. The Morgan fingerprint density at radius 2 is 2.12 bits per heavy atom. The Morgan fingerprint density at radius 3 is 2.71 bits per heavy atom. The number of methoxy groups -OCH3 is 1. The number of hydrogen-bond donors (Lipinski definition) is 2. The summed E-state index contributed by atoms with van der Waals surface area (Å²) < 4.78 is 5.03. The predicted molar refractivity (Wildman–Crippen MR) is 67.9 cm³/mol. The van der Waals surface area contributed by atoms with E-state index in [0.717, 1.165) is 19.4 Å². The van der Waals surface area contributed by atoms with Gasteiger partial charge in [-0.2, -0.15) is 0 Å². The zero-order valence-corrected chi connectivity index (χ0v) is 10.4. The van der Waals surface area contributed by atoms with E-state index in [-0.39, 0.29) is 0 Å². The van der Waals surface area contributed by atoms with Gasteiger partial charge in [0.25, 0.3) is 0 Å². The Morgan fingerprint density at radius 1 is 1.35 bits per heavy atom. The van der Waals surface area contributed by atoms with Crippen LogP contribution in [0.15, 0.2) is 18.3 Å². The van der Waals surface area contributed by atoms with Crippen molar-refractivity contribution in [1.29, 1.82) is 0 Å². The molecule has 3 N–H and O–H groups in total. The maximum Gasteiger partial charge on any atom is 0.212 e. The van der Waals surface area contributed by atoms with Crippen LogP contribution in [-0.4, -0.2) is 24.2 Å². The fraction of sp³-hybridized carbons (Fsp3) is 0.615. The largest absolute Gasteiger partial charge is 0.481 e. The molecule has 0 radical (unpaired) electrons. The van der Waals surface area contributed by atoms with Crippen LogP contribution in [0, 0.1) is 0 Å². The summed E-state index contributed by atoms with van der Waals surface area (Å²) in [4.78, 5) is 4.19. The van der Waals surface area contributed by atoms with Crippen molar-refractivity contribution in [3.05, 3.63) is 23.9 Å². The van der Waals surface area contributed by atoms with E-state index >= 15 is 0 Å². The Hall–Kier alpha value is -1.13. The molecule has 1 aromatic heterocycles. The summed E-state index contributed by atoms with van der Waals surface area (Å²) in [5.74, 6) is 0.664. The minimum Gasteiger partial charge on any atom is -0.481 e. The molecule has 4 nitrogen and oxygen atoms in total. The summed E-state index contributed by atoms with van der Waals surface area (Å²) in [6, 6.07) is 4.97. The number of rotatable bonds is 4. The van der Waals surface area contributed by atoms with E-state index in [0.29, 0.717) is 18.0 Å². The van der Waals surface area contributed by atoms with Gasteiger partial charge in [0, 0.05) is 30.9 Å². The highest BCUT2D eigenvalue weighted by atomic mass is 16.5. The van der Waals surface area contributed by atoms with Gasteiger partial charge in [-0.1, -0.05) is 6.07 Å². The Balaban J connectivity index is 1.77. The molecule has 1 saturated carbocycles. The van der Waals surface area contributed by atoms with Gasteiger partial charge in [-0.3, -0.25) is 0 Å². The minimum atomic E-state index is 0.413. The molecule has 1 aliphatic rings. The molecule has 0 unspecified atom stereocenters. The van der Waals surface area contributed by atoms with Gasteiger partial charge in [0.2, 0.25) is 5.88 Å². The summed E-state index contributed by atoms with van der Waals surface area (Å²) in [6.07, 6.45) is 6.51. The van der Waals surface area contributed by atoms with Crippen LogP contribution < -0.4 is 15.8 Å². The van der Waals surface area contributed by atoms with Gasteiger partial charge in [-0.25, -0.2) is 4.98 Å². The molecule has 1 fully saturated rings. The van der Waals surface area contributed by atoms with E-state index in [4.69, 9.17) is 10.5 Å². The maximum absolute atomic E-state index is 5.88. The van der Waals surface area contributed by atoms with Crippen LogP contribution in [0.4, 0.5) is 0 Å². The summed E-state index contributed by atoms with van der Waals surface area (Å²) in [6.45, 7) is 0.872. The second-order valence-electron chi connectivity index (χ2n) is 4.70.